The van der Waals surface area contributed by atoms with Gasteiger partial charge in [-0.3, -0.25) is 19.2 Å². The second kappa shape index (κ2) is 33.1. The van der Waals surface area contributed by atoms with Gasteiger partial charge in [0.05, 0.1) is 37.8 Å². The van der Waals surface area contributed by atoms with Crippen LogP contribution in [0.15, 0.2) is 0 Å². The molecule has 0 amide bonds. The van der Waals surface area contributed by atoms with E-state index in [0.717, 1.165) is 0 Å². The third-order valence-electron chi connectivity index (χ3n) is 3.20. The molecule has 43 heavy (non-hydrogen) atoms. The number of rotatable bonds is 13. The molecule has 0 aromatic carbocycles. The third-order valence-corrected chi connectivity index (χ3v) is 3.20. The third kappa shape index (κ3) is 38.6. The van der Waals surface area contributed by atoms with E-state index in [1.54, 1.807) is 0 Å². The number of hydrogen-bond donors (Lipinski definition) is 9. The summed E-state index contributed by atoms with van der Waals surface area (Å²) in [7, 11) is 0. The fourth-order valence-electron chi connectivity index (χ4n) is 1.67. The van der Waals surface area contributed by atoms with Crippen LogP contribution in [0.25, 0.3) is 0 Å². The van der Waals surface area contributed by atoms with E-state index in [1.165, 1.54) is 0 Å². The Morgan fingerprint density at radius 3 is 0.767 bits per heavy atom. The first-order valence-corrected chi connectivity index (χ1v) is 8.47. The molecular weight excluding hydrogens is 648 g/mol. The maximum absolute atomic E-state index is 10.3. The van der Waals surface area contributed by atoms with Gasteiger partial charge in [0.25, 0.3) is 0 Å². The standard InChI is InChI=1S/2C6H8O7.C4H6O5.Ca.7H2O/c2*7-3(8)1-6(13,5(11)12)2-4(9)10;5-2(4(8)9)1-3(6)7;;;;;;;;/h2*13H,1-2H2,(H,7,8)(H,9,10)(H,11,12);2,5H,1H2,(H,6,7)(H,8,9);;7*1H2/q;;;+2;;;;;;;/p-2. The van der Waals surface area contributed by atoms with Crippen LogP contribution in [-0.4, -0.2) is 187 Å². The molecule has 0 saturated carbocycles. The SMILES string of the molecule is O.O.O.O.O.O.O.O=C(O)CC(O)(CC(=O)O)C(=O)O.O=C(O)CC(O)(CC(=O)O)C(=O)O.O=C([O-])CC(O)C(=O)[O-].[Ca+2]. The Morgan fingerprint density at radius 1 is 0.512 bits per heavy atom. The molecule has 256 valence electrons. The fourth-order valence-corrected chi connectivity index (χ4v) is 1.67. The molecule has 0 heterocycles. The number of aliphatic hydroxyl groups excluding tert-OH is 1. The Bertz CT molecular complexity index is 755. The molecule has 1 atom stereocenters. The molecule has 0 rings (SSSR count). The van der Waals surface area contributed by atoms with Crippen LogP contribution < -0.4 is 10.2 Å². The number of aliphatic hydroxyl groups is 3. The summed E-state index contributed by atoms with van der Waals surface area (Å²) in [4.78, 5) is 80.1. The van der Waals surface area contributed by atoms with Crippen LogP contribution in [0.1, 0.15) is 32.1 Å². The van der Waals surface area contributed by atoms with Gasteiger partial charge in [-0.05, 0) is 0 Å². The summed E-state index contributed by atoms with van der Waals surface area (Å²) < 4.78 is 0. The molecule has 0 aliphatic heterocycles. The Labute approximate surface area is 267 Å². The monoisotopic (exact) mass is 682 g/mol. The first-order valence-electron chi connectivity index (χ1n) is 8.47. The average molecular weight is 683 g/mol. The van der Waals surface area contributed by atoms with Crippen molar-refractivity contribution in [2.24, 2.45) is 0 Å². The van der Waals surface area contributed by atoms with Crippen LogP contribution >= 0.6 is 0 Å². The van der Waals surface area contributed by atoms with Crippen molar-refractivity contribution in [2.75, 3.05) is 0 Å². The molecule has 0 fully saturated rings. The van der Waals surface area contributed by atoms with E-state index in [4.69, 9.17) is 46.0 Å². The number of carbonyl (C=O) groups excluding carboxylic acids is 2. The Balaban J connectivity index is -0.0000000368. The molecule has 0 radical (unpaired) electrons. The summed E-state index contributed by atoms with van der Waals surface area (Å²) in [6.45, 7) is 0. The van der Waals surface area contributed by atoms with Gasteiger partial charge in [0, 0.05) is 12.4 Å². The van der Waals surface area contributed by atoms with Gasteiger partial charge < -0.3 is 104 Å². The van der Waals surface area contributed by atoms with Gasteiger partial charge in [-0.25, -0.2) is 9.59 Å². The van der Waals surface area contributed by atoms with Crippen molar-refractivity contribution in [3.8, 4) is 0 Å². The predicted octanol–water partition coefficient (Wildman–Crippen LogP) is -12.4. The second-order valence-corrected chi connectivity index (χ2v) is 6.37. The number of aliphatic carboxylic acids is 8. The topological polar surface area (TPSA) is 585 Å². The Hall–Kier alpha value is -3.38. The van der Waals surface area contributed by atoms with Crippen LogP contribution in [-0.2, 0) is 38.4 Å². The quantitative estimate of drug-likeness (QED) is 0.0814. The Kier molecular flexibility index (Phi) is 55.6. The van der Waals surface area contributed by atoms with Crippen molar-refractivity contribution < 1.29 is 133 Å². The van der Waals surface area contributed by atoms with Crippen LogP contribution in [0.4, 0.5) is 0 Å². The Morgan fingerprint density at radius 2 is 0.698 bits per heavy atom. The van der Waals surface area contributed by atoms with Crippen LogP contribution in [0.3, 0.4) is 0 Å². The van der Waals surface area contributed by atoms with Crippen LogP contribution in [0.2, 0.25) is 0 Å². The molecule has 0 bridgehead atoms. The minimum atomic E-state index is -2.74. The number of carboxylic acids is 8. The van der Waals surface area contributed by atoms with E-state index >= 15 is 0 Å². The molecule has 0 aromatic rings. The van der Waals surface area contributed by atoms with Crippen molar-refractivity contribution in [3.63, 3.8) is 0 Å². The van der Waals surface area contributed by atoms with E-state index in [9.17, 15) is 48.6 Å². The second-order valence-electron chi connectivity index (χ2n) is 6.37. The molecule has 27 heteroatoms. The minimum Gasteiger partial charge on any atom is -0.550 e. The van der Waals surface area contributed by atoms with Crippen molar-refractivity contribution in [3.05, 3.63) is 0 Å². The van der Waals surface area contributed by atoms with Gasteiger partial charge in [0.2, 0.25) is 0 Å². The summed E-state index contributed by atoms with van der Waals surface area (Å²) in [5.41, 5.74) is -5.48. The summed E-state index contributed by atoms with van der Waals surface area (Å²) in [6.07, 6.45) is -7.47. The maximum Gasteiger partial charge on any atom is 2.00 e. The fraction of sp³-hybridized carbons (Fsp3) is 0.500. The predicted molar refractivity (Wildman–Crippen MR) is 126 cm³/mol. The van der Waals surface area contributed by atoms with Gasteiger partial charge in [-0.15, -0.1) is 0 Å². The van der Waals surface area contributed by atoms with Crippen LogP contribution in [0, 0.1) is 0 Å². The van der Waals surface area contributed by atoms with E-state index in [1.807, 2.05) is 0 Å². The van der Waals surface area contributed by atoms with E-state index in [0.29, 0.717) is 0 Å². The normalized spacial score (nSPS) is 9.19. The molecule has 0 saturated heterocycles. The van der Waals surface area contributed by atoms with E-state index < -0.39 is 97.2 Å². The van der Waals surface area contributed by atoms with Crippen molar-refractivity contribution in [1.29, 1.82) is 0 Å². The van der Waals surface area contributed by atoms with Gasteiger partial charge in [0.1, 0.15) is 0 Å². The molecule has 26 nitrogen and oxygen atoms in total. The molecule has 0 spiro atoms. The van der Waals surface area contributed by atoms with Gasteiger partial charge in [-0.2, -0.15) is 0 Å². The largest absolute Gasteiger partial charge is 2.00 e. The minimum absolute atomic E-state index is 0. The molecule has 0 aliphatic rings. The number of hydrogen-bond acceptors (Lipinski definition) is 13. The molecule has 0 aromatic heterocycles. The van der Waals surface area contributed by atoms with Gasteiger partial charge >= 0.3 is 73.6 Å². The number of carboxylic acid groups (broad SMARTS) is 8. The summed E-state index contributed by atoms with van der Waals surface area (Å²) in [5.74, 6) is -13.5. The molecule has 1 unspecified atom stereocenters. The van der Waals surface area contributed by atoms with Crippen LogP contribution in [0.5, 0.6) is 0 Å². The van der Waals surface area contributed by atoms with Crippen molar-refractivity contribution in [1.82, 2.24) is 0 Å². The first-order chi connectivity index (χ1) is 15.6. The zero-order chi connectivity index (χ0) is 28.7. The zero-order valence-corrected chi connectivity index (χ0v) is 23.6. The summed E-state index contributed by atoms with van der Waals surface area (Å²) in [6, 6.07) is 0. The molecular formula is C16H34CaO26. The van der Waals surface area contributed by atoms with Gasteiger partial charge in [0.15, 0.2) is 11.2 Å². The van der Waals surface area contributed by atoms with Crippen molar-refractivity contribution in [2.45, 2.75) is 49.4 Å². The maximum atomic E-state index is 10.3. The van der Waals surface area contributed by atoms with E-state index in [2.05, 4.69) is 0 Å². The molecule has 23 N–H and O–H groups in total. The van der Waals surface area contributed by atoms with E-state index in [-0.39, 0.29) is 76.1 Å². The summed E-state index contributed by atoms with van der Waals surface area (Å²) in [5, 5.41) is 95.0. The van der Waals surface area contributed by atoms with Crippen molar-refractivity contribution >= 4 is 85.5 Å². The smallest absolute Gasteiger partial charge is 0.550 e. The average Bonchev–Trinajstić information content (AvgIpc) is 2.58. The zero-order valence-electron chi connectivity index (χ0n) is 21.4. The summed E-state index contributed by atoms with van der Waals surface area (Å²) >= 11 is 0. The first kappa shape index (κ1) is 72.1. The molecule has 0 aliphatic carbocycles. The number of carbonyl (C=O) groups is 8. The van der Waals surface area contributed by atoms with Gasteiger partial charge in [-0.1, -0.05) is 0 Å².